The molecule has 1 unspecified atom stereocenters. The van der Waals surface area contributed by atoms with E-state index < -0.39 is 23.5 Å². The zero-order chi connectivity index (χ0) is 23.6. The van der Waals surface area contributed by atoms with Crippen LogP contribution in [0.3, 0.4) is 0 Å². The number of aryl methyl sites for hydroxylation is 1. The molecule has 6 nitrogen and oxygen atoms in total. The number of quaternary nitrogens is 1. The van der Waals surface area contributed by atoms with E-state index in [0.29, 0.717) is 39.9 Å². The fourth-order valence-corrected chi connectivity index (χ4v) is 4.44. The van der Waals surface area contributed by atoms with Gasteiger partial charge in [-0.2, -0.15) is 0 Å². The number of amides is 1. The SMILES string of the molecule is COc1ccc(C([O-])=C2C(=O)C(=O)N(CCC[NH+](C)C)C2c2ccc(Cl)cc2Cl)cc1C. The fraction of sp³-hybridized carbons (Fsp3) is 0.333. The summed E-state index contributed by atoms with van der Waals surface area (Å²) in [5, 5.41) is 14.2. The first-order valence-electron chi connectivity index (χ1n) is 10.3. The summed E-state index contributed by atoms with van der Waals surface area (Å²) < 4.78 is 5.26. The molecule has 1 amide bonds. The van der Waals surface area contributed by atoms with E-state index in [1.54, 1.807) is 43.5 Å². The van der Waals surface area contributed by atoms with E-state index in [2.05, 4.69) is 0 Å². The summed E-state index contributed by atoms with van der Waals surface area (Å²) in [4.78, 5) is 28.7. The van der Waals surface area contributed by atoms with Gasteiger partial charge < -0.3 is 19.6 Å². The number of methoxy groups -OCH3 is 1. The molecule has 8 heteroatoms. The Hall–Kier alpha value is -2.54. The number of halogens is 2. The van der Waals surface area contributed by atoms with E-state index >= 15 is 0 Å². The van der Waals surface area contributed by atoms with Crippen molar-refractivity contribution in [2.45, 2.75) is 19.4 Å². The monoisotopic (exact) mass is 476 g/mol. The van der Waals surface area contributed by atoms with Gasteiger partial charge in [-0.1, -0.05) is 41.1 Å². The number of Topliss-reactive ketones (excluding diaryl/α,β-unsaturated/α-hetero) is 1. The number of ether oxygens (including phenoxy) is 1. The first kappa shape index (κ1) is 24.1. The second kappa shape index (κ2) is 9.94. The Kier molecular flexibility index (Phi) is 7.49. The number of benzene rings is 2. The highest BCUT2D eigenvalue weighted by Gasteiger charge is 2.44. The Morgan fingerprint density at radius 3 is 2.47 bits per heavy atom. The van der Waals surface area contributed by atoms with Gasteiger partial charge in [0.15, 0.2) is 0 Å². The quantitative estimate of drug-likeness (QED) is 0.377. The van der Waals surface area contributed by atoms with Crippen LogP contribution >= 0.6 is 23.2 Å². The Morgan fingerprint density at radius 2 is 1.88 bits per heavy atom. The van der Waals surface area contributed by atoms with E-state index in [9.17, 15) is 14.7 Å². The van der Waals surface area contributed by atoms with Gasteiger partial charge in [0.1, 0.15) is 5.75 Å². The van der Waals surface area contributed by atoms with E-state index in [-0.39, 0.29) is 5.57 Å². The second-order valence-corrected chi connectivity index (χ2v) is 8.98. The minimum atomic E-state index is -0.869. The van der Waals surface area contributed by atoms with Gasteiger partial charge in [0.05, 0.1) is 33.8 Å². The molecule has 2 aromatic rings. The molecule has 1 atom stereocenters. The van der Waals surface area contributed by atoms with Gasteiger partial charge in [-0.25, -0.2) is 0 Å². The number of carbonyl (C=O) groups is 2. The molecule has 0 spiro atoms. The number of likely N-dealkylation sites (tertiary alicyclic amines) is 1. The molecule has 1 aliphatic heterocycles. The van der Waals surface area contributed by atoms with Crippen LogP contribution < -0.4 is 14.7 Å². The van der Waals surface area contributed by atoms with Crippen LogP contribution in [0.1, 0.15) is 29.2 Å². The lowest BCUT2D eigenvalue weighted by Gasteiger charge is -2.28. The van der Waals surface area contributed by atoms with Crippen LogP contribution in [0, 0.1) is 6.92 Å². The molecule has 0 aliphatic carbocycles. The summed E-state index contributed by atoms with van der Waals surface area (Å²) in [6.07, 6.45) is 0.673. The minimum absolute atomic E-state index is 0.0963. The van der Waals surface area contributed by atoms with Crippen molar-refractivity contribution >= 4 is 40.7 Å². The zero-order valence-corrected chi connectivity index (χ0v) is 20.0. The minimum Gasteiger partial charge on any atom is -0.872 e. The highest BCUT2D eigenvalue weighted by molar-refractivity contribution is 6.47. The van der Waals surface area contributed by atoms with Crippen molar-refractivity contribution in [2.75, 3.05) is 34.3 Å². The van der Waals surface area contributed by atoms with Crippen molar-refractivity contribution in [1.82, 2.24) is 4.90 Å². The van der Waals surface area contributed by atoms with Crippen molar-refractivity contribution < 1.29 is 24.3 Å². The molecule has 32 heavy (non-hydrogen) atoms. The molecule has 1 saturated heterocycles. The van der Waals surface area contributed by atoms with Gasteiger partial charge in [-0.05, 0) is 47.9 Å². The highest BCUT2D eigenvalue weighted by atomic mass is 35.5. The number of hydrogen-bond acceptors (Lipinski definition) is 4. The maximum atomic E-state index is 13.5. The number of hydrogen-bond donors (Lipinski definition) is 1. The summed E-state index contributed by atoms with van der Waals surface area (Å²) >= 11 is 12.5. The zero-order valence-electron chi connectivity index (χ0n) is 18.5. The predicted molar refractivity (Wildman–Crippen MR) is 123 cm³/mol. The molecule has 0 aromatic heterocycles. The average molecular weight is 477 g/mol. The number of ketones is 1. The summed E-state index contributed by atoms with van der Waals surface area (Å²) in [5.41, 5.74) is 1.47. The largest absolute Gasteiger partial charge is 0.872 e. The summed E-state index contributed by atoms with van der Waals surface area (Å²) in [6, 6.07) is 8.91. The maximum absolute atomic E-state index is 13.5. The molecule has 1 N–H and O–H groups in total. The number of carbonyl (C=O) groups excluding carboxylic acids is 2. The topological polar surface area (TPSA) is 74.1 Å². The van der Waals surface area contributed by atoms with Gasteiger partial charge in [0, 0.05) is 28.6 Å². The summed E-state index contributed by atoms with van der Waals surface area (Å²) in [5.74, 6) is -1.35. The van der Waals surface area contributed by atoms with Crippen molar-refractivity contribution in [1.29, 1.82) is 0 Å². The van der Waals surface area contributed by atoms with Crippen molar-refractivity contribution in [3.63, 3.8) is 0 Å². The molecule has 0 bridgehead atoms. The molecule has 0 saturated carbocycles. The molecule has 170 valence electrons. The molecule has 1 heterocycles. The third kappa shape index (κ3) is 4.77. The van der Waals surface area contributed by atoms with E-state index in [0.717, 1.165) is 12.1 Å². The lowest BCUT2D eigenvalue weighted by atomic mass is 9.94. The standard InChI is InChI=1S/C24H26Cl2N2O4/c1-14-12-15(6-9-19(14)32-4)22(29)20-21(17-8-7-16(25)13-18(17)26)28(24(31)23(20)30)11-5-10-27(2)3/h6-9,12-13,21,29H,5,10-11H2,1-4H3. The highest BCUT2D eigenvalue weighted by Crippen LogP contribution is 2.42. The van der Waals surface area contributed by atoms with Crippen LogP contribution in [0.15, 0.2) is 42.0 Å². The third-order valence-corrected chi connectivity index (χ3v) is 6.08. The lowest BCUT2D eigenvalue weighted by molar-refractivity contribution is -0.858. The number of nitrogens with one attached hydrogen (secondary N) is 1. The van der Waals surface area contributed by atoms with Crippen molar-refractivity contribution in [3.05, 3.63) is 68.7 Å². The predicted octanol–water partition coefficient (Wildman–Crippen LogP) is 2.07. The Balaban J connectivity index is 2.15. The molecule has 2 aromatic carbocycles. The van der Waals surface area contributed by atoms with E-state index in [1.165, 1.54) is 9.80 Å². The van der Waals surface area contributed by atoms with E-state index in [4.69, 9.17) is 27.9 Å². The van der Waals surface area contributed by atoms with Crippen LogP contribution in [-0.2, 0) is 9.59 Å². The van der Waals surface area contributed by atoms with Crippen LogP contribution in [-0.4, -0.2) is 50.9 Å². The molecule has 3 rings (SSSR count). The first-order chi connectivity index (χ1) is 15.1. The first-order valence-corrected chi connectivity index (χ1v) is 11.1. The van der Waals surface area contributed by atoms with Gasteiger partial charge in [-0.15, -0.1) is 0 Å². The molecule has 1 aliphatic rings. The van der Waals surface area contributed by atoms with Crippen LogP contribution in [0.5, 0.6) is 5.75 Å². The average Bonchev–Trinajstić information content (AvgIpc) is 2.98. The van der Waals surface area contributed by atoms with Gasteiger partial charge in [-0.3, -0.25) is 9.59 Å². The summed E-state index contributed by atoms with van der Waals surface area (Å²) in [6.45, 7) is 2.95. The Labute approximate surface area is 198 Å². The Bertz CT molecular complexity index is 1080. The maximum Gasteiger partial charge on any atom is 0.295 e. The van der Waals surface area contributed by atoms with Crippen molar-refractivity contribution in [3.8, 4) is 5.75 Å². The van der Waals surface area contributed by atoms with Gasteiger partial charge >= 0.3 is 0 Å². The van der Waals surface area contributed by atoms with Crippen molar-refractivity contribution in [2.24, 2.45) is 0 Å². The molecular formula is C24H26Cl2N2O4. The number of rotatable bonds is 7. The third-order valence-electron chi connectivity index (χ3n) is 5.52. The molecular weight excluding hydrogens is 451 g/mol. The van der Waals surface area contributed by atoms with Gasteiger partial charge in [0.25, 0.3) is 5.91 Å². The molecule has 1 fully saturated rings. The smallest absolute Gasteiger partial charge is 0.295 e. The van der Waals surface area contributed by atoms with Crippen LogP contribution in [0.25, 0.3) is 5.76 Å². The second-order valence-electron chi connectivity index (χ2n) is 8.13. The van der Waals surface area contributed by atoms with E-state index in [1.807, 2.05) is 21.0 Å². The molecule has 0 radical (unpaired) electrons. The van der Waals surface area contributed by atoms with Gasteiger partial charge in [0.2, 0.25) is 5.78 Å². The normalized spacial score (nSPS) is 18.0. The van der Waals surface area contributed by atoms with Crippen LogP contribution in [0.2, 0.25) is 10.0 Å². The Morgan fingerprint density at radius 1 is 1.16 bits per heavy atom. The summed E-state index contributed by atoms with van der Waals surface area (Å²) in [7, 11) is 5.57. The number of nitrogens with zero attached hydrogens (tertiary/aromatic N) is 1. The fourth-order valence-electron chi connectivity index (χ4n) is 3.93. The van der Waals surface area contributed by atoms with Crippen LogP contribution in [0.4, 0.5) is 0 Å². The lowest BCUT2D eigenvalue weighted by Crippen LogP contribution is -3.05.